The second-order valence-corrected chi connectivity index (χ2v) is 10.1. The molecule has 0 bridgehead atoms. The molecule has 0 amide bonds. The van der Waals surface area contributed by atoms with E-state index >= 15 is 0 Å². The second-order valence-electron chi connectivity index (χ2n) is 4.71. The maximum Gasteiger partial charge on any atom is 0.246 e. The van der Waals surface area contributed by atoms with Gasteiger partial charge in [-0.25, -0.2) is 21.8 Å². The molecule has 2 heterocycles. The van der Waals surface area contributed by atoms with Gasteiger partial charge in [-0.1, -0.05) is 18.5 Å². The third-order valence-corrected chi connectivity index (χ3v) is 7.93. The highest BCUT2D eigenvalue weighted by Crippen LogP contribution is 2.29. The first kappa shape index (κ1) is 17.1. The number of hydrogen-bond acceptors (Lipinski definition) is 5. The van der Waals surface area contributed by atoms with Crippen molar-refractivity contribution in [3.63, 3.8) is 0 Å². The van der Waals surface area contributed by atoms with E-state index in [1.165, 1.54) is 16.6 Å². The number of hydrogen-bond donors (Lipinski definition) is 0. The molecule has 1 saturated heterocycles. The van der Waals surface area contributed by atoms with Gasteiger partial charge >= 0.3 is 0 Å². The Bertz CT molecular complexity index is 751. The Hall–Kier alpha value is -0.220. The number of halogens is 2. The van der Waals surface area contributed by atoms with E-state index < -0.39 is 25.9 Å². The van der Waals surface area contributed by atoms with Crippen molar-refractivity contribution in [2.24, 2.45) is 0 Å². The van der Waals surface area contributed by atoms with Gasteiger partial charge in [0, 0.05) is 23.3 Å². The lowest BCUT2D eigenvalue weighted by Crippen LogP contribution is -2.41. The molecule has 1 aliphatic rings. The second kappa shape index (κ2) is 6.11. The highest BCUT2D eigenvalue weighted by molar-refractivity contribution is 9.10. The van der Waals surface area contributed by atoms with Crippen LogP contribution in [-0.2, 0) is 19.9 Å². The van der Waals surface area contributed by atoms with Crippen LogP contribution in [0.4, 0.5) is 0 Å². The minimum absolute atomic E-state index is 0.00809. The molecule has 10 heteroatoms. The normalized spacial score (nSPS) is 21.8. The van der Waals surface area contributed by atoms with Crippen molar-refractivity contribution in [2.75, 3.05) is 18.1 Å². The molecule has 1 aliphatic heterocycles. The molecular weight excluding hydrogens is 404 g/mol. The van der Waals surface area contributed by atoms with Crippen molar-refractivity contribution < 1.29 is 16.8 Å². The highest BCUT2D eigenvalue weighted by atomic mass is 79.9. The zero-order chi connectivity index (χ0) is 15.8. The summed E-state index contributed by atoms with van der Waals surface area (Å²) < 4.78 is 50.3. The fourth-order valence-electron chi connectivity index (χ4n) is 2.34. The Morgan fingerprint density at radius 2 is 2.19 bits per heavy atom. The van der Waals surface area contributed by atoms with Crippen molar-refractivity contribution in [3.8, 4) is 0 Å². The van der Waals surface area contributed by atoms with Gasteiger partial charge in [0.1, 0.15) is 10.0 Å². The van der Waals surface area contributed by atoms with Crippen molar-refractivity contribution in [3.05, 3.63) is 21.9 Å². The van der Waals surface area contributed by atoms with Gasteiger partial charge in [0.2, 0.25) is 10.0 Å². The fraction of sp³-hybridized carbons (Fsp3) is 0.545. The number of aromatic nitrogens is 1. The first-order chi connectivity index (χ1) is 9.67. The topological polar surface area (TPSA) is 84.4 Å². The van der Waals surface area contributed by atoms with Gasteiger partial charge in [0.05, 0.1) is 11.5 Å². The summed E-state index contributed by atoms with van der Waals surface area (Å²) in [4.78, 5) is 3.69. The molecule has 0 radical (unpaired) electrons. The maximum atomic E-state index is 12.7. The fourth-order valence-corrected chi connectivity index (χ4v) is 6.75. The lowest BCUT2D eigenvalue weighted by molar-refractivity contribution is 0.354. The van der Waals surface area contributed by atoms with Crippen molar-refractivity contribution in [2.45, 2.75) is 24.3 Å². The van der Waals surface area contributed by atoms with Crippen LogP contribution >= 0.6 is 27.5 Å². The van der Waals surface area contributed by atoms with E-state index in [0.717, 1.165) is 0 Å². The summed E-state index contributed by atoms with van der Waals surface area (Å²) in [5, 5.41) is -0.127. The third-order valence-electron chi connectivity index (χ3n) is 3.29. The molecule has 0 saturated carbocycles. The predicted octanol–water partition coefficient (Wildman–Crippen LogP) is 1.70. The predicted molar refractivity (Wildman–Crippen MR) is 83.6 cm³/mol. The van der Waals surface area contributed by atoms with Crippen molar-refractivity contribution in [1.82, 2.24) is 9.29 Å². The Labute approximate surface area is 137 Å². The summed E-state index contributed by atoms with van der Waals surface area (Å²) >= 11 is 9.05. The monoisotopic (exact) mass is 416 g/mol. The lowest BCUT2D eigenvalue weighted by atomic mass is 10.3. The van der Waals surface area contributed by atoms with E-state index in [1.54, 1.807) is 6.92 Å². The molecule has 1 unspecified atom stereocenters. The number of sulfone groups is 1. The smallest absolute Gasteiger partial charge is 0.242 e. The summed E-state index contributed by atoms with van der Waals surface area (Å²) in [5.41, 5.74) is 0. The van der Waals surface area contributed by atoms with Crippen LogP contribution in [-0.4, -0.2) is 50.2 Å². The van der Waals surface area contributed by atoms with Crippen LogP contribution in [0.3, 0.4) is 0 Å². The minimum atomic E-state index is -3.89. The number of sulfonamides is 1. The van der Waals surface area contributed by atoms with E-state index in [0.29, 0.717) is 10.9 Å². The maximum absolute atomic E-state index is 12.7. The summed E-state index contributed by atoms with van der Waals surface area (Å²) in [6, 6.07) is 0.816. The molecule has 1 aromatic heterocycles. The Morgan fingerprint density at radius 1 is 1.52 bits per heavy atom. The standard InChI is InChI=1S/C11H14BrClN2O4S2/c1-2-15(9-3-4-20(16,17)7-9)21(18,19)10-5-8(12)6-14-11(10)13/h5-6,9H,2-4,7H2,1H3. The van der Waals surface area contributed by atoms with Crippen LogP contribution in [0, 0.1) is 0 Å². The molecule has 1 aromatic rings. The zero-order valence-corrected chi connectivity index (χ0v) is 15.1. The molecule has 0 aliphatic carbocycles. The molecule has 2 rings (SSSR count). The van der Waals surface area contributed by atoms with Gasteiger partial charge in [0.15, 0.2) is 9.84 Å². The summed E-state index contributed by atoms with van der Waals surface area (Å²) in [6.45, 7) is 1.84. The lowest BCUT2D eigenvalue weighted by Gasteiger charge is -2.26. The number of rotatable bonds is 4. The molecule has 118 valence electrons. The average molecular weight is 418 g/mol. The van der Waals surface area contributed by atoms with Crippen LogP contribution in [0.2, 0.25) is 5.15 Å². The van der Waals surface area contributed by atoms with Gasteiger partial charge < -0.3 is 0 Å². The SMILES string of the molecule is CCN(C1CCS(=O)(=O)C1)S(=O)(=O)c1cc(Br)cnc1Cl. The molecule has 1 atom stereocenters. The third kappa shape index (κ3) is 3.58. The van der Waals surface area contributed by atoms with Gasteiger partial charge in [-0.05, 0) is 28.4 Å². The van der Waals surface area contributed by atoms with Crippen LogP contribution in [0.1, 0.15) is 13.3 Å². The minimum Gasteiger partial charge on any atom is -0.242 e. The van der Waals surface area contributed by atoms with E-state index in [2.05, 4.69) is 20.9 Å². The molecule has 0 N–H and O–H groups in total. The van der Waals surface area contributed by atoms with Crippen LogP contribution in [0.15, 0.2) is 21.6 Å². The van der Waals surface area contributed by atoms with E-state index in [-0.39, 0.29) is 28.1 Å². The van der Waals surface area contributed by atoms with Crippen LogP contribution < -0.4 is 0 Å². The largest absolute Gasteiger partial charge is 0.246 e. The molecular formula is C11H14BrClN2O4S2. The van der Waals surface area contributed by atoms with Gasteiger partial charge in [-0.3, -0.25) is 0 Å². The first-order valence-electron chi connectivity index (χ1n) is 6.20. The molecule has 0 spiro atoms. The highest BCUT2D eigenvalue weighted by Gasteiger charge is 2.38. The Kier molecular flexibility index (Phi) is 4.99. The molecule has 6 nitrogen and oxygen atoms in total. The van der Waals surface area contributed by atoms with E-state index in [1.807, 2.05) is 0 Å². The quantitative estimate of drug-likeness (QED) is 0.696. The Balaban J connectivity index is 2.43. The number of pyridine rings is 1. The van der Waals surface area contributed by atoms with Gasteiger partial charge in [-0.15, -0.1) is 0 Å². The average Bonchev–Trinajstić information content (AvgIpc) is 2.73. The number of nitrogens with zero attached hydrogens (tertiary/aromatic N) is 2. The summed E-state index contributed by atoms with van der Waals surface area (Å²) in [5.74, 6) is -0.146. The summed E-state index contributed by atoms with van der Waals surface area (Å²) in [7, 11) is -7.07. The van der Waals surface area contributed by atoms with Gasteiger partial charge in [-0.2, -0.15) is 4.31 Å². The van der Waals surface area contributed by atoms with Crippen LogP contribution in [0.5, 0.6) is 0 Å². The van der Waals surface area contributed by atoms with E-state index in [9.17, 15) is 16.8 Å². The summed E-state index contributed by atoms with van der Waals surface area (Å²) in [6.07, 6.45) is 1.70. The van der Waals surface area contributed by atoms with Crippen molar-refractivity contribution in [1.29, 1.82) is 0 Å². The zero-order valence-electron chi connectivity index (χ0n) is 11.2. The molecule has 0 aromatic carbocycles. The Morgan fingerprint density at radius 3 is 2.71 bits per heavy atom. The van der Waals surface area contributed by atoms with E-state index in [4.69, 9.17) is 11.6 Å². The molecule has 21 heavy (non-hydrogen) atoms. The van der Waals surface area contributed by atoms with Crippen molar-refractivity contribution >= 4 is 47.4 Å². The van der Waals surface area contributed by atoms with Crippen LogP contribution in [0.25, 0.3) is 0 Å². The molecule has 1 fully saturated rings. The first-order valence-corrected chi connectivity index (χ1v) is 10.6. The van der Waals surface area contributed by atoms with Gasteiger partial charge in [0.25, 0.3) is 0 Å².